The smallest absolute Gasteiger partial charge is 0.148 e. The zero-order valence-corrected chi connectivity index (χ0v) is 30.6. The number of rotatable bonds is 6. The van der Waals surface area contributed by atoms with Gasteiger partial charge in [0.2, 0.25) is 0 Å². The minimum absolute atomic E-state index is 0.359. The van der Waals surface area contributed by atoms with Crippen LogP contribution in [0.2, 0.25) is 0 Å². The summed E-state index contributed by atoms with van der Waals surface area (Å²) in [4.78, 5) is 13.1. The molecule has 1 aliphatic rings. The van der Waals surface area contributed by atoms with Crippen molar-refractivity contribution in [2.45, 2.75) is 13.1 Å². The van der Waals surface area contributed by atoms with Crippen molar-refractivity contribution in [3.8, 4) is 34.2 Å². The van der Waals surface area contributed by atoms with Crippen LogP contribution < -0.4 is 21.3 Å². The Labute approximate surface area is 315 Å². The number of nitrogen functional groups attached to an aromatic ring is 1. The summed E-state index contributed by atoms with van der Waals surface area (Å²) < 4.78 is 4.44. The maximum atomic E-state index is 7.64. The van der Waals surface area contributed by atoms with E-state index in [2.05, 4.69) is 145 Å². The van der Waals surface area contributed by atoms with Crippen molar-refractivity contribution in [3.05, 3.63) is 175 Å². The molecular formula is C46H34N7P. The molecule has 7 aromatic carbocycles. The number of anilines is 4. The van der Waals surface area contributed by atoms with Gasteiger partial charge in [0.05, 0.1) is 44.8 Å². The Bertz CT molecular complexity index is 2700. The lowest BCUT2D eigenvalue weighted by molar-refractivity contribution is 0.836. The molecule has 0 radical (unpaired) electrons. The third-order valence-corrected chi connectivity index (χ3v) is 11.0. The monoisotopic (exact) mass is 715 g/mol. The van der Waals surface area contributed by atoms with E-state index in [4.69, 9.17) is 15.7 Å². The van der Waals surface area contributed by atoms with Gasteiger partial charge in [0.25, 0.3) is 0 Å². The van der Waals surface area contributed by atoms with E-state index in [0.717, 1.165) is 89.7 Å². The fourth-order valence-corrected chi connectivity index (χ4v) is 8.67. The normalized spacial score (nSPS) is 13.6. The number of hydrogen-bond donors (Lipinski definition) is 2. The fraction of sp³-hybridized carbons (Fsp3) is 0.0435. The van der Waals surface area contributed by atoms with Gasteiger partial charge in [-0.15, -0.1) is 9.24 Å². The van der Waals surface area contributed by atoms with Crippen molar-refractivity contribution in [2.75, 3.05) is 16.0 Å². The summed E-state index contributed by atoms with van der Waals surface area (Å²) in [5.74, 6) is 1.56. The van der Waals surface area contributed by atoms with Gasteiger partial charge in [-0.05, 0) is 90.6 Å². The molecule has 2 atom stereocenters. The maximum absolute atomic E-state index is 7.64. The predicted molar refractivity (Wildman–Crippen MR) is 224 cm³/mol. The van der Waals surface area contributed by atoms with Gasteiger partial charge in [-0.25, -0.2) is 9.97 Å². The Balaban J connectivity index is 1.34. The number of nitrogens with one attached hydrogen (secondary N) is 1. The van der Waals surface area contributed by atoms with Crippen LogP contribution in [0.15, 0.2) is 152 Å². The first-order chi connectivity index (χ1) is 26.6. The minimum Gasteiger partial charge on any atom is -0.398 e. The zero-order valence-electron chi connectivity index (χ0n) is 29.4. The molecule has 0 saturated heterocycles. The molecule has 3 heterocycles. The molecule has 258 valence electrons. The van der Waals surface area contributed by atoms with Crippen LogP contribution in [0.5, 0.6) is 0 Å². The number of benzene rings is 6. The molecule has 7 nitrogen and oxygen atoms in total. The number of fused-ring (bicyclic) bond motifs is 3. The summed E-state index contributed by atoms with van der Waals surface area (Å²) in [6, 6.07) is 57.9. The largest absolute Gasteiger partial charge is 0.398 e. The Hall–Kier alpha value is -6.87. The van der Waals surface area contributed by atoms with Crippen LogP contribution in [-0.2, 0) is 0 Å². The lowest BCUT2D eigenvalue weighted by Gasteiger charge is -2.31. The van der Waals surface area contributed by atoms with Crippen molar-refractivity contribution in [2.24, 2.45) is 0 Å². The third-order valence-electron chi connectivity index (χ3n) is 10.4. The van der Waals surface area contributed by atoms with Crippen LogP contribution in [-0.4, -0.2) is 19.1 Å². The summed E-state index contributed by atoms with van der Waals surface area (Å²) in [7, 11) is 3.08. The van der Waals surface area contributed by atoms with Crippen LogP contribution in [0, 0.1) is 19.1 Å². The van der Waals surface area contributed by atoms with Gasteiger partial charge < -0.3 is 16.0 Å². The molecule has 2 aromatic heterocycles. The number of hydrogen-bond acceptors (Lipinski definition) is 5. The molecular weight excluding hydrogens is 682 g/mol. The average Bonchev–Trinajstić information content (AvgIpc) is 3.90. The second-order valence-corrected chi connectivity index (χ2v) is 14.0. The van der Waals surface area contributed by atoms with E-state index in [0.29, 0.717) is 5.69 Å². The van der Waals surface area contributed by atoms with Gasteiger partial charge in [-0.2, -0.15) is 0 Å². The molecule has 10 rings (SSSR count). The summed E-state index contributed by atoms with van der Waals surface area (Å²) >= 11 is 0. The molecule has 54 heavy (non-hydrogen) atoms. The second-order valence-electron chi connectivity index (χ2n) is 13.4. The van der Waals surface area contributed by atoms with Crippen LogP contribution in [0.3, 0.4) is 0 Å². The number of aromatic nitrogens is 4. The minimum atomic E-state index is -0.359. The van der Waals surface area contributed by atoms with Crippen molar-refractivity contribution < 1.29 is 0 Å². The number of para-hydroxylation sites is 8. The first kappa shape index (κ1) is 31.8. The van der Waals surface area contributed by atoms with Crippen LogP contribution in [0.4, 0.5) is 22.7 Å². The van der Waals surface area contributed by atoms with Crippen molar-refractivity contribution in [1.82, 2.24) is 19.1 Å². The standard InChI is InChI=1S/C46H34N7P/c1-29-39(44-48-33-23-11-14-26-36(33)51(44)30-17-5-2-6-18-30)42(47)41(46-50-35-25-13-16-28-38(35)53(46)32-21-9-4-10-22-32)43(54)40(29)45-49-34-24-12-15-27-37(34)52(45)31-19-7-3-8-20-31/h3-5,7-28,46,50H,47,54H2,1H3. The molecule has 0 spiro atoms. The van der Waals surface area contributed by atoms with E-state index in [1.807, 2.05) is 54.6 Å². The Kier molecular flexibility index (Phi) is 7.47. The quantitative estimate of drug-likeness (QED) is 0.132. The predicted octanol–water partition coefficient (Wildman–Crippen LogP) is 9.95. The van der Waals surface area contributed by atoms with Crippen molar-refractivity contribution in [1.29, 1.82) is 0 Å². The summed E-state index contributed by atoms with van der Waals surface area (Å²) in [6.07, 6.45) is -0.359. The highest BCUT2D eigenvalue weighted by Gasteiger charge is 2.37. The van der Waals surface area contributed by atoms with Gasteiger partial charge in [-0.1, -0.05) is 84.9 Å². The molecule has 0 aliphatic carbocycles. The molecule has 1 aliphatic heterocycles. The summed E-state index contributed by atoms with van der Waals surface area (Å²) in [6.45, 7) is 2.15. The molecule has 8 heteroatoms. The molecule has 0 bridgehead atoms. The lowest BCUT2D eigenvalue weighted by Crippen LogP contribution is -2.30. The van der Waals surface area contributed by atoms with Gasteiger partial charge in [0.1, 0.15) is 17.8 Å². The Morgan fingerprint density at radius 2 is 1.20 bits per heavy atom. The van der Waals surface area contributed by atoms with E-state index in [9.17, 15) is 0 Å². The summed E-state index contributed by atoms with van der Waals surface area (Å²) in [5, 5.41) is 4.83. The number of nitrogens with zero attached hydrogens (tertiary/aromatic N) is 5. The van der Waals surface area contributed by atoms with Gasteiger partial charge in [0, 0.05) is 34.1 Å². The first-order valence-electron chi connectivity index (χ1n) is 17.9. The Morgan fingerprint density at radius 3 is 1.87 bits per heavy atom. The van der Waals surface area contributed by atoms with Gasteiger partial charge in [0.15, 0.2) is 0 Å². The van der Waals surface area contributed by atoms with Gasteiger partial charge in [-0.3, -0.25) is 9.13 Å². The van der Waals surface area contributed by atoms with Crippen molar-refractivity contribution >= 4 is 59.4 Å². The molecule has 2 unspecified atom stereocenters. The molecule has 0 amide bonds. The topological polar surface area (TPSA) is 76.9 Å². The number of nitrogens with two attached hydrogens (primary N) is 1. The van der Waals surface area contributed by atoms with E-state index >= 15 is 0 Å². The number of imidazole rings is 2. The summed E-state index contributed by atoms with van der Waals surface area (Å²) in [5.41, 5.74) is 20.8. The SMILES string of the molecule is Cc1c(-c2nc3ccccc3n2-c2cc#ccc2)c(N)c(C2Nc3ccccc3N2c2ccccc2)c(P)c1-c1nc2ccccc2n1-c1ccccc1. The fourth-order valence-electron chi connectivity index (χ4n) is 8.01. The van der Waals surface area contributed by atoms with E-state index < -0.39 is 0 Å². The Morgan fingerprint density at radius 1 is 0.630 bits per heavy atom. The highest BCUT2D eigenvalue weighted by atomic mass is 31.0. The molecule has 9 aromatic rings. The van der Waals surface area contributed by atoms with E-state index in [1.54, 1.807) is 0 Å². The van der Waals surface area contributed by atoms with E-state index in [-0.39, 0.29) is 6.17 Å². The zero-order chi connectivity index (χ0) is 36.3. The lowest BCUT2D eigenvalue weighted by atomic mass is 9.92. The highest BCUT2D eigenvalue weighted by Crippen LogP contribution is 2.50. The second kappa shape index (κ2) is 12.7. The first-order valence-corrected chi connectivity index (χ1v) is 18.5. The van der Waals surface area contributed by atoms with Crippen LogP contribution in [0.1, 0.15) is 17.3 Å². The molecule has 0 saturated carbocycles. The van der Waals surface area contributed by atoms with Crippen molar-refractivity contribution in [3.63, 3.8) is 0 Å². The van der Waals surface area contributed by atoms with Gasteiger partial charge >= 0.3 is 0 Å². The van der Waals surface area contributed by atoms with Crippen LogP contribution in [0.25, 0.3) is 56.2 Å². The molecule has 3 N–H and O–H groups in total. The molecule has 0 fully saturated rings. The average molecular weight is 716 g/mol. The van der Waals surface area contributed by atoms with Crippen LogP contribution >= 0.6 is 9.24 Å². The van der Waals surface area contributed by atoms with E-state index in [1.165, 1.54) is 0 Å². The highest BCUT2D eigenvalue weighted by molar-refractivity contribution is 7.28. The third kappa shape index (κ3) is 4.89. The maximum Gasteiger partial charge on any atom is 0.148 e.